The monoisotopic (exact) mass is 271 g/mol. The minimum absolute atomic E-state index is 0.0992. The molecular weight excluding hydrogens is 260 g/mol. The molecule has 0 saturated heterocycles. The van der Waals surface area contributed by atoms with Gasteiger partial charge in [0.05, 0.1) is 17.4 Å². The highest BCUT2D eigenvalue weighted by Crippen LogP contribution is 2.13. The lowest BCUT2D eigenvalue weighted by Crippen LogP contribution is -2.37. The molecule has 7 nitrogen and oxygen atoms in total. The Morgan fingerprint density at radius 3 is 2.22 bits per heavy atom. The van der Waals surface area contributed by atoms with Gasteiger partial charge >= 0.3 is 0 Å². The summed E-state index contributed by atoms with van der Waals surface area (Å²) in [5.74, 6) is -1.80. The molecule has 1 aromatic carbocycles. The molecule has 0 unspecified atom stereocenters. The molecule has 0 heterocycles. The van der Waals surface area contributed by atoms with E-state index in [1.54, 1.807) is 0 Å². The number of rotatable bonds is 5. The molecule has 0 aromatic heterocycles. The number of amides is 1. The third-order valence-electron chi connectivity index (χ3n) is 1.89. The number of carboxylic acid groups (broad SMARTS) is 1. The number of benzene rings is 1. The Labute approximate surface area is 104 Å². The van der Waals surface area contributed by atoms with Gasteiger partial charge in [-0.15, -0.1) is 0 Å². The maximum Gasteiger partial charge on any atom is 0.240 e. The maximum atomic E-state index is 11.6. The molecular formula is C10H11N2O5S-. The van der Waals surface area contributed by atoms with Crippen LogP contribution in [0.3, 0.4) is 0 Å². The van der Waals surface area contributed by atoms with Gasteiger partial charge in [0.1, 0.15) is 0 Å². The summed E-state index contributed by atoms with van der Waals surface area (Å²) in [7, 11) is -3.88. The zero-order chi connectivity index (χ0) is 13.8. The number of hydrogen-bond acceptors (Lipinski definition) is 5. The Morgan fingerprint density at radius 2 is 1.78 bits per heavy atom. The molecule has 8 heteroatoms. The second kappa shape index (κ2) is 5.61. The smallest absolute Gasteiger partial charge is 0.240 e. The Kier molecular flexibility index (Phi) is 4.40. The molecule has 0 saturated carbocycles. The van der Waals surface area contributed by atoms with Crippen LogP contribution < -0.4 is 15.1 Å². The summed E-state index contributed by atoms with van der Waals surface area (Å²) in [6.45, 7) is 0.530. The number of nitrogens with one attached hydrogen (secondary N) is 2. The molecule has 1 rings (SSSR count). The van der Waals surface area contributed by atoms with Crippen molar-refractivity contribution in [1.82, 2.24) is 4.72 Å². The fourth-order valence-electron chi connectivity index (χ4n) is 1.16. The van der Waals surface area contributed by atoms with Gasteiger partial charge < -0.3 is 15.2 Å². The van der Waals surface area contributed by atoms with Crippen molar-refractivity contribution in [3.63, 3.8) is 0 Å². The first-order valence-corrected chi connectivity index (χ1v) is 6.37. The van der Waals surface area contributed by atoms with E-state index in [4.69, 9.17) is 0 Å². The number of anilines is 1. The van der Waals surface area contributed by atoms with Crippen LogP contribution >= 0.6 is 0 Å². The van der Waals surface area contributed by atoms with E-state index in [0.29, 0.717) is 5.69 Å². The van der Waals surface area contributed by atoms with Crippen molar-refractivity contribution in [1.29, 1.82) is 0 Å². The number of sulfonamides is 1. The summed E-state index contributed by atoms with van der Waals surface area (Å²) in [6, 6.07) is 5.30. The standard InChI is InChI=1S/C10H12N2O5S/c1-7(13)12-8-2-4-9(5-3-8)18(16,17)11-6-10(14)15/h2-5,11H,6H2,1H3,(H,12,13)(H,14,15)/p-1. The summed E-state index contributed by atoms with van der Waals surface area (Å²) in [5.41, 5.74) is 0.446. The number of carboxylic acids is 1. The Balaban J connectivity index is 2.84. The van der Waals surface area contributed by atoms with Crippen molar-refractivity contribution >= 4 is 27.6 Å². The van der Waals surface area contributed by atoms with Gasteiger partial charge in [0.25, 0.3) is 0 Å². The van der Waals surface area contributed by atoms with Crippen LogP contribution in [0, 0.1) is 0 Å². The van der Waals surface area contributed by atoms with E-state index in [1.807, 2.05) is 4.72 Å². The molecule has 0 aliphatic carbocycles. The lowest BCUT2D eigenvalue weighted by molar-refractivity contribution is -0.303. The summed E-state index contributed by atoms with van der Waals surface area (Å²) in [5, 5.41) is 12.6. The molecule has 0 atom stereocenters. The average Bonchev–Trinajstić information content (AvgIpc) is 2.26. The molecule has 2 N–H and O–H groups in total. The fraction of sp³-hybridized carbons (Fsp3) is 0.200. The predicted octanol–water partition coefficient (Wildman–Crippen LogP) is -1.33. The zero-order valence-electron chi connectivity index (χ0n) is 9.47. The van der Waals surface area contributed by atoms with Gasteiger partial charge in [-0.1, -0.05) is 0 Å². The molecule has 1 amide bonds. The Morgan fingerprint density at radius 1 is 1.22 bits per heavy atom. The van der Waals surface area contributed by atoms with Crippen LogP contribution in [-0.4, -0.2) is 26.8 Å². The highest BCUT2D eigenvalue weighted by Gasteiger charge is 2.13. The maximum absolute atomic E-state index is 11.6. The summed E-state index contributed by atoms with van der Waals surface area (Å²) in [6.07, 6.45) is 0. The number of carbonyl (C=O) groups excluding carboxylic acids is 2. The Bertz CT molecular complexity index is 550. The summed E-state index contributed by atoms with van der Waals surface area (Å²) >= 11 is 0. The van der Waals surface area contributed by atoms with Crippen molar-refractivity contribution in [2.75, 3.05) is 11.9 Å². The first-order chi connectivity index (χ1) is 8.31. The quantitative estimate of drug-likeness (QED) is 0.688. The molecule has 0 aliphatic rings. The average molecular weight is 271 g/mol. The molecule has 0 bridgehead atoms. The largest absolute Gasteiger partial charge is 0.549 e. The topological polar surface area (TPSA) is 115 Å². The SMILES string of the molecule is CC(=O)Nc1ccc(S(=O)(=O)NCC(=O)[O-])cc1. The molecule has 0 spiro atoms. The summed E-state index contributed by atoms with van der Waals surface area (Å²) in [4.78, 5) is 20.8. The van der Waals surface area contributed by atoms with Gasteiger partial charge in [-0.05, 0) is 24.3 Å². The van der Waals surface area contributed by atoms with Crippen molar-refractivity contribution in [3.05, 3.63) is 24.3 Å². The second-order valence-corrected chi connectivity index (χ2v) is 5.17. The lowest BCUT2D eigenvalue weighted by Gasteiger charge is -2.08. The number of aliphatic carboxylic acids is 1. The van der Waals surface area contributed by atoms with Crippen LogP contribution in [0.15, 0.2) is 29.2 Å². The first kappa shape index (κ1) is 14.1. The van der Waals surface area contributed by atoms with E-state index >= 15 is 0 Å². The van der Waals surface area contributed by atoms with E-state index in [0.717, 1.165) is 0 Å². The molecule has 98 valence electrons. The molecule has 0 aliphatic heterocycles. The van der Waals surface area contributed by atoms with Gasteiger partial charge in [0.2, 0.25) is 15.9 Å². The van der Waals surface area contributed by atoms with Crippen molar-refractivity contribution in [2.45, 2.75) is 11.8 Å². The highest BCUT2D eigenvalue weighted by molar-refractivity contribution is 7.89. The van der Waals surface area contributed by atoms with Gasteiger partial charge in [0.15, 0.2) is 0 Å². The van der Waals surface area contributed by atoms with Crippen LogP contribution in [-0.2, 0) is 19.6 Å². The zero-order valence-corrected chi connectivity index (χ0v) is 10.3. The third-order valence-corrected chi connectivity index (χ3v) is 3.31. The first-order valence-electron chi connectivity index (χ1n) is 4.88. The van der Waals surface area contributed by atoms with E-state index in [-0.39, 0.29) is 10.8 Å². The normalized spacial score (nSPS) is 10.9. The van der Waals surface area contributed by atoms with E-state index in [2.05, 4.69) is 5.32 Å². The van der Waals surface area contributed by atoms with Gasteiger partial charge in [0, 0.05) is 12.6 Å². The van der Waals surface area contributed by atoms with Crippen molar-refractivity contribution in [2.24, 2.45) is 0 Å². The van der Waals surface area contributed by atoms with E-state index in [1.165, 1.54) is 31.2 Å². The van der Waals surface area contributed by atoms with Crippen LogP contribution in [0.4, 0.5) is 5.69 Å². The molecule has 0 fully saturated rings. The van der Waals surface area contributed by atoms with Crippen molar-refractivity contribution in [3.8, 4) is 0 Å². The summed E-state index contributed by atoms with van der Waals surface area (Å²) < 4.78 is 25.0. The number of carbonyl (C=O) groups is 2. The fourth-order valence-corrected chi connectivity index (χ4v) is 2.13. The third kappa shape index (κ3) is 4.15. The van der Waals surface area contributed by atoms with E-state index in [9.17, 15) is 23.1 Å². The molecule has 1 aromatic rings. The van der Waals surface area contributed by atoms with E-state index < -0.39 is 22.5 Å². The van der Waals surface area contributed by atoms with Gasteiger partial charge in [-0.3, -0.25) is 4.79 Å². The lowest BCUT2D eigenvalue weighted by atomic mass is 10.3. The highest BCUT2D eigenvalue weighted by atomic mass is 32.2. The van der Waals surface area contributed by atoms with Gasteiger partial charge in [-0.2, -0.15) is 0 Å². The predicted molar refractivity (Wildman–Crippen MR) is 60.9 cm³/mol. The number of hydrogen-bond donors (Lipinski definition) is 2. The minimum atomic E-state index is -3.88. The minimum Gasteiger partial charge on any atom is -0.549 e. The molecule has 18 heavy (non-hydrogen) atoms. The molecule has 0 radical (unpaired) electrons. The van der Waals surface area contributed by atoms with Gasteiger partial charge in [-0.25, -0.2) is 13.1 Å². The van der Waals surface area contributed by atoms with Crippen LogP contribution in [0.25, 0.3) is 0 Å². The van der Waals surface area contributed by atoms with Crippen molar-refractivity contribution < 1.29 is 23.1 Å². The van der Waals surface area contributed by atoms with Crippen LogP contribution in [0.2, 0.25) is 0 Å². The van der Waals surface area contributed by atoms with Crippen LogP contribution in [0.5, 0.6) is 0 Å². The van der Waals surface area contributed by atoms with Crippen LogP contribution in [0.1, 0.15) is 6.92 Å². The second-order valence-electron chi connectivity index (χ2n) is 3.40. The Hall–Kier alpha value is -1.93.